The van der Waals surface area contributed by atoms with E-state index in [9.17, 15) is 9.90 Å². The molecule has 2 aromatic rings. The zero-order valence-electron chi connectivity index (χ0n) is 10.6. The fourth-order valence-corrected chi connectivity index (χ4v) is 2.82. The fraction of sp³-hybridized carbons (Fsp3) is 0.308. The van der Waals surface area contributed by atoms with Crippen molar-refractivity contribution in [1.82, 2.24) is 4.57 Å². The molecule has 0 saturated heterocycles. The number of carbonyl (C=O) groups excluding carboxylic acids is 1. The van der Waals surface area contributed by atoms with E-state index in [2.05, 4.69) is 28.6 Å². The Morgan fingerprint density at radius 2 is 2.21 bits per heavy atom. The molecule has 0 aliphatic rings. The minimum Gasteiger partial charge on any atom is -0.507 e. The number of halogens is 1. The Morgan fingerprint density at radius 1 is 1.53 bits per heavy atom. The molecule has 2 rings (SSSR count). The number of thiol groups is 1. The van der Waals surface area contributed by atoms with Crippen LogP contribution in [-0.4, -0.2) is 22.2 Å². The molecule has 0 radical (unpaired) electrons. The first-order valence-electron chi connectivity index (χ1n) is 5.79. The maximum Gasteiger partial charge on any atom is 0.340 e. The minimum atomic E-state index is -0.390. The first-order chi connectivity index (χ1) is 9.01. The predicted octanol–water partition coefficient (Wildman–Crippen LogP) is 3.25. The number of aryl methyl sites for hydroxylation is 1. The van der Waals surface area contributed by atoms with E-state index in [1.807, 2.05) is 11.6 Å². The molecule has 0 atom stereocenters. The average Bonchev–Trinajstić information content (AvgIpc) is 2.63. The normalized spacial score (nSPS) is 10.9. The molecule has 0 bridgehead atoms. The molecule has 102 valence electrons. The van der Waals surface area contributed by atoms with Crippen molar-refractivity contribution in [2.45, 2.75) is 12.7 Å². The van der Waals surface area contributed by atoms with Gasteiger partial charge in [-0.3, -0.25) is 0 Å². The van der Waals surface area contributed by atoms with Crippen LogP contribution in [0.15, 0.2) is 16.6 Å². The van der Waals surface area contributed by atoms with Gasteiger partial charge in [-0.25, -0.2) is 4.79 Å². The monoisotopic (exact) mass is 343 g/mol. The summed E-state index contributed by atoms with van der Waals surface area (Å²) < 4.78 is 7.56. The topological polar surface area (TPSA) is 51.5 Å². The summed E-state index contributed by atoms with van der Waals surface area (Å²) >= 11 is 7.55. The van der Waals surface area contributed by atoms with E-state index in [0.717, 1.165) is 11.2 Å². The number of ether oxygens (including phenoxy) is 1. The van der Waals surface area contributed by atoms with Gasteiger partial charge < -0.3 is 14.4 Å². The van der Waals surface area contributed by atoms with Gasteiger partial charge >= 0.3 is 5.97 Å². The fourth-order valence-electron chi connectivity index (χ4n) is 2.11. The van der Waals surface area contributed by atoms with Crippen molar-refractivity contribution in [3.05, 3.63) is 27.9 Å². The van der Waals surface area contributed by atoms with Crippen LogP contribution in [0, 0.1) is 0 Å². The van der Waals surface area contributed by atoms with Gasteiger partial charge in [0.2, 0.25) is 0 Å². The van der Waals surface area contributed by atoms with Gasteiger partial charge in [0, 0.05) is 23.9 Å². The van der Waals surface area contributed by atoms with Crippen LogP contribution in [0.4, 0.5) is 0 Å². The van der Waals surface area contributed by atoms with Crippen LogP contribution in [0.2, 0.25) is 0 Å². The molecule has 0 saturated carbocycles. The summed E-state index contributed by atoms with van der Waals surface area (Å²) in [5.74, 6) is 0.116. The lowest BCUT2D eigenvalue weighted by atomic mass is 10.1. The Labute approximate surface area is 124 Å². The van der Waals surface area contributed by atoms with E-state index < -0.39 is 0 Å². The first-order valence-corrected chi connectivity index (χ1v) is 7.21. The molecule has 1 N–H and O–H groups in total. The maximum absolute atomic E-state index is 12.1. The third-order valence-corrected chi connectivity index (χ3v) is 3.95. The molecule has 19 heavy (non-hydrogen) atoms. The molecule has 1 heterocycles. The Morgan fingerprint density at radius 3 is 2.79 bits per heavy atom. The van der Waals surface area contributed by atoms with Gasteiger partial charge in [0.25, 0.3) is 0 Å². The number of phenolic OH excluding ortho intramolecular Hbond substituents is 1. The van der Waals surface area contributed by atoms with Gasteiger partial charge in [-0.2, -0.15) is 12.6 Å². The molecule has 1 aromatic carbocycles. The van der Waals surface area contributed by atoms with Gasteiger partial charge in [-0.15, -0.1) is 0 Å². The number of hydrogen-bond donors (Lipinski definition) is 2. The zero-order valence-corrected chi connectivity index (χ0v) is 13.1. The molecule has 1 aromatic heterocycles. The van der Waals surface area contributed by atoms with E-state index in [4.69, 9.17) is 4.74 Å². The molecular formula is C13H14BrNO3S. The van der Waals surface area contributed by atoms with E-state index in [-0.39, 0.29) is 11.7 Å². The summed E-state index contributed by atoms with van der Waals surface area (Å²) in [6, 6.07) is 3.35. The highest BCUT2D eigenvalue weighted by Gasteiger charge is 2.22. The zero-order chi connectivity index (χ0) is 14.2. The molecule has 4 nitrogen and oxygen atoms in total. The Kier molecular flexibility index (Phi) is 4.10. The number of aromatic hydroxyl groups is 1. The van der Waals surface area contributed by atoms with E-state index >= 15 is 0 Å². The largest absolute Gasteiger partial charge is 0.507 e. The van der Waals surface area contributed by atoms with Crippen molar-refractivity contribution in [3.8, 4) is 5.75 Å². The highest BCUT2D eigenvalue weighted by molar-refractivity contribution is 9.10. The van der Waals surface area contributed by atoms with Crippen molar-refractivity contribution in [1.29, 1.82) is 0 Å². The third-order valence-electron chi connectivity index (χ3n) is 3.02. The minimum absolute atomic E-state index is 0.0920. The Bertz CT molecular complexity index is 651. The predicted molar refractivity (Wildman–Crippen MR) is 80.9 cm³/mol. The number of phenols is 1. The molecule has 0 spiro atoms. The van der Waals surface area contributed by atoms with E-state index in [0.29, 0.717) is 27.8 Å². The van der Waals surface area contributed by atoms with Gasteiger partial charge in [-0.1, -0.05) is 0 Å². The Balaban J connectivity index is 2.79. The molecule has 0 aliphatic heterocycles. The lowest BCUT2D eigenvalue weighted by Gasteiger charge is -2.04. The van der Waals surface area contributed by atoms with Gasteiger partial charge in [0.15, 0.2) is 0 Å². The van der Waals surface area contributed by atoms with Crippen molar-refractivity contribution in [3.63, 3.8) is 0 Å². The van der Waals surface area contributed by atoms with E-state index in [1.165, 1.54) is 0 Å². The number of fused-ring (bicyclic) bond motifs is 1. The number of hydrogen-bond acceptors (Lipinski definition) is 4. The molecule has 6 heteroatoms. The standard InChI is InChI=1S/C13H14BrNO3S/c1-3-18-13(17)12-7-4-11(16)8(14)5-9(7)15(2)10(12)6-19/h4-5,16,19H,3,6H2,1-2H3. The molecular weight excluding hydrogens is 330 g/mol. The summed E-state index contributed by atoms with van der Waals surface area (Å²) in [6.45, 7) is 2.07. The number of nitrogens with zero attached hydrogens (tertiary/aromatic N) is 1. The van der Waals surface area contributed by atoms with Crippen molar-refractivity contribution in [2.24, 2.45) is 7.05 Å². The molecule has 0 amide bonds. The maximum atomic E-state index is 12.1. The summed E-state index contributed by atoms with van der Waals surface area (Å²) in [5.41, 5.74) is 2.09. The van der Waals surface area contributed by atoms with Crippen LogP contribution in [0.3, 0.4) is 0 Å². The average molecular weight is 344 g/mol. The van der Waals surface area contributed by atoms with Crippen LogP contribution in [0.25, 0.3) is 10.9 Å². The van der Waals surface area contributed by atoms with Crippen molar-refractivity contribution >= 4 is 45.4 Å². The smallest absolute Gasteiger partial charge is 0.340 e. The number of benzene rings is 1. The van der Waals surface area contributed by atoms with Crippen LogP contribution in [0.5, 0.6) is 5.75 Å². The van der Waals surface area contributed by atoms with Crippen LogP contribution in [0.1, 0.15) is 23.0 Å². The summed E-state index contributed by atoms with van der Waals surface area (Å²) in [4.78, 5) is 12.1. The van der Waals surface area contributed by atoms with Crippen molar-refractivity contribution in [2.75, 3.05) is 6.61 Å². The van der Waals surface area contributed by atoms with E-state index in [1.54, 1.807) is 19.1 Å². The lowest BCUT2D eigenvalue weighted by molar-refractivity contribution is 0.0527. The number of aromatic nitrogens is 1. The highest BCUT2D eigenvalue weighted by Crippen LogP contribution is 2.34. The molecule has 0 aliphatic carbocycles. The first kappa shape index (κ1) is 14.3. The van der Waals surface area contributed by atoms with Crippen LogP contribution in [-0.2, 0) is 17.5 Å². The highest BCUT2D eigenvalue weighted by atomic mass is 79.9. The summed E-state index contributed by atoms with van der Waals surface area (Å²) in [6.07, 6.45) is 0. The summed E-state index contributed by atoms with van der Waals surface area (Å²) in [7, 11) is 1.86. The third kappa shape index (κ3) is 2.34. The number of esters is 1. The van der Waals surface area contributed by atoms with Gasteiger partial charge in [0.05, 0.1) is 22.2 Å². The quantitative estimate of drug-likeness (QED) is 0.664. The van der Waals surface area contributed by atoms with Crippen LogP contribution < -0.4 is 0 Å². The second-order valence-corrected chi connectivity index (χ2v) is 5.25. The lowest BCUT2D eigenvalue weighted by Crippen LogP contribution is -2.07. The molecule has 0 unspecified atom stereocenters. The second-order valence-electron chi connectivity index (χ2n) is 4.08. The molecule has 0 fully saturated rings. The second kappa shape index (κ2) is 5.46. The van der Waals surface area contributed by atoms with Gasteiger partial charge in [0.1, 0.15) is 5.75 Å². The van der Waals surface area contributed by atoms with Gasteiger partial charge in [-0.05, 0) is 35.0 Å². The number of rotatable bonds is 3. The Hall–Kier alpha value is -1.14. The summed E-state index contributed by atoms with van der Waals surface area (Å²) in [5, 5.41) is 10.5. The number of carbonyl (C=O) groups is 1. The van der Waals surface area contributed by atoms with Crippen LogP contribution >= 0.6 is 28.6 Å². The SMILES string of the molecule is CCOC(=O)c1c(CS)n(C)c2cc(Br)c(O)cc12. The van der Waals surface area contributed by atoms with Crippen molar-refractivity contribution < 1.29 is 14.6 Å².